The highest BCUT2D eigenvalue weighted by molar-refractivity contribution is 6.23. The van der Waals surface area contributed by atoms with Crippen molar-refractivity contribution in [1.29, 1.82) is 0 Å². The van der Waals surface area contributed by atoms with Crippen molar-refractivity contribution in [1.82, 2.24) is 23.7 Å². The maximum Gasteiger partial charge on any atom is 0.235 e. The number of hydrogen-bond acceptors (Lipinski definition) is 2. The van der Waals surface area contributed by atoms with Gasteiger partial charge >= 0.3 is 0 Å². The predicted octanol–water partition coefficient (Wildman–Crippen LogP) is 13.1. The molecule has 5 heteroatoms. The first-order chi connectivity index (χ1) is 28.3. The molecule has 4 heterocycles. The van der Waals surface area contributed by atoms with E-state index >= 15 is 0 Å². The molecule has 0 bridgehead atoms. The molecule has 4 aromatic heterocycles. The fraction of sp³-hybridized carbons (Fsp3) is 0. The second kappa shape index (κ2) is 12.4. The lowest BCUT2D eigenvalue weighted by Gasteiger charge is -2.13. The van der Waals surface area contributed by atoms with E-state index in [1.54, 1.807) is 0 Å². The van der Waals surface area contributed by atoms with Crippen LogP contribution in [0.5, 0.6) is 0 Å². The SMILES string of the molecule is c1ccc(-c2ccc(-c3nc(-n4c5ccccc5c5cc6c7ccc8c(ccn8-c8ccccc8)c7n(-c7ccccc7)c6cc54)nc4ccccc34)cc2)cc1. The number of fused-ring (bicyclic) bond motifs is 9. The summed E-state index contributed by atoms with van der Waals surface area (Å²) in [5, 5.41) is 6.97. The molecular weight excluding hydrogens is 695 g/mol. The molecule has 0 saturated carbocycles. The summed E-state index contributed by atoms with van der Waals surface area (Å²) in [5.41, 5.74) is 13.1. The van der Waals surface area contributed by atoms with Gasteiger partial charge in [-0.15, -0.1) is 0 Å². The maximum absolute atomic E-state index is 5.43. The minimum absolute atomic E-state index is 0.645. The third-order valence-electron chi connectivity index (χ3n) is 11.5. The van der Waals surface area contributed by atoms with E-state index in [0.29, 0.717) is 5.95 Å². The molecule has 0 amide bonds. The Morgan fingerprint density at radius 1 is 0.333 bits per heavy atom. The van der Waals surface area contributed by atoms with Crippen LogP contribution in [0.2, 0.25) is 0 Å². The van der Waals surface area contributed by atoms with Crippen LogP contribution in [0.1, 0.15) is 0 Å². The van der Waals surface area contributed by atoms with Gasteiger partial charge in [0.15, 0.2) is 0 Å². The van der Waals surface area contributed by atoms with Crippen LogP contribution in [-0.2, 0) is 0 Å². The van der Waals surface area contributed by atoms with E-state index in [1.807, 2.05) is 0 Å². The lowest BCUT2D eigenvalue weighted by Crippen LogP contribution is -2.03. The van der Waals surface area contributed by atoms with E-state index in [9.17, 15) is 0 Å². The molecule has 0 radical (unpaired) electrons. The smallest absolute Gasteiger partial charge is 0.235 e. The molecule has 0 aliphatic carbocycles. The Kier molecular flexibility index (Phi) is 6.86. The minimum atomic E-state index is 0.645. The Morgan fingerprint density at radius 3 is 1.74 bits per heavy atom. The molecule has 0 N–H and O–H groups in total. The van der Waals surface area contributed by atoms with Gasteiger partial charge in [0.2, 0.25) is 5.95 Å². The first-order valence-electron chi connectivity index (χ1n) is 19.3. The van der Waals surface area contributed by atoms with Gasteiger partial charge in [-0.3, -0.25) is 4.57 Å². The summed E-state index contributed by atoms with van der Waals surface area (Å²) in [6.45, 7) is 0. The van der Waals surface area contributed by atoms with Crippen molar-refractivity contribution in [3.8, 4) is 39.7 Å². The van der Waals surface area contributed by atoms with Crippen molar-refractivity contribution in [2.45, 2.75) is 0 Å². The topological polar surface area (TPSA) is 40.6 Å². The van der Waals surface area contributed by atoms with Gasteiger partial charge in [0, 0.05) is 55.5 Å². The van der Waals surface area contributed by atoms with Crippen LogP contribution in [0, 0.1) is 0 Å². The molecule has 0 atom stereocenters. The Labute approximate surface area is 328 Å². The first-order valence-corrected chi connectivity index (χ1v) is 19.3. The van der Waals surface area contributed by atoms with Gasteiger partial charge in [-0.1, -0.05) is 133 Å². The Hall–Kier alpha value is -7.76. The predicted molar refractivity (Wildman–Crippen MR) is 236 cm³/mol. The number of benzene rings is 8. The highest BCUT2D eigenvalue weighted by atomic mass is 15.2. The Bertz CT molecular complexity index is 3490. The van der Waals surface area contributed by atoms with Gasteiger partial charge in [-0.2, -0.15) is 0 Å². The molecule has 5 nitrogen and oxygen atoms in total. The molecule has 0 spiro atoms. The van der Waals surface area contributed by atoms with Gasteiger partial charge in [-0.25, -0.2) is 9.97 Å². The van der Waals surface area contributed by atoms with Crippen LogP contribution in [0.4, 0.5) is 0 Å². The molecule has 12 rings (SSSR count). The van der Waals surface area contributed by atoms with Crippen LogP contribution >= 0.6 is 0 Å². The molecule has 266 valence electrons. The zero-order valence-electron chi connectivity index (χ0n) is 30.8. The first kappa shape index (κ1) is 31.6. The summed E-state index contributed by atoms with van der Waals surface area (Å²) >= 11 is 0. The third-order valence-corrected chi connectivity index (χ3v) is 11.5. The average molecular weight is 728 g/mol. The van der Waals surface area contributed by atoms with Crippen LogP contribution in [0.25, 0.3) is 105 Å². The molecule has 57 heavy (non-hydrogen) atoms. The summed E-state index contributed by atoms with van der Waals surface area (Å²) in [6.07, 6.45) is 2.19. The Balaban J connectivity index is 1.14. The maximum atomic E-state index is 5.43. The summed E-state index contributed by atoms with van der Waals surface area (Å²) in [5.74, 6) is 0.645. The van der Waals surface area contributed by atoms with Gasteiger partial charge in [0.05, 0.1) is 38.8 Å². The van der Waals surface area contributed by atoms with E-state index in [4.69, 9.17) is 9.97 Å². The Morgan fingerprint density at radius 2 is 0.947 bits per heavy atom. The van der Waals surface area contributed by atoms with E-state index in [2.05, 4.69) is 214 Å². The summed E-state index contributed by atoms with van der Waals surface area (Å²) in [6, 6.07) is 69.1. The third kappa shape index (κ3) is 4.82. The number of rotatable bonds is 5. The second-order valence-corrected chi connectivity index (χ2v) is 14.7. The molecular formula is C52H33N5. The highest BCUT2D eigenvalue weighted by Crippen LogP contribution is 2.42. The van der Waals surface area contributed by atoms with Crippen LogP contribution in [0.15, 0.2) is 200 Å². The van der Waals surface area contributed by atoms with Crippen molar-refractivity contribution < 1.29 is 0 Å². The number of para-hydroxylation sites is 4. The monoisotopic (exact) mass is 727 g/mol. The van der Waals surface area contributed by atoms with E-state index < -0.39 is 0 Å². The summed E-state index contributed by atoms with van der Waals surface area (Å²) in [4.78, 5) is 10.7. The number of hydrogen-bond donors (Lipinski definition) is 0. The van der Waals surface area contributed by atoms with Crippen molar-refractivity contribution >= 4 is 65.4 Å². The normalized spacial score (nSPS) is 11.9. The lowest BCUT2D eigenvalue weighted by atomic mass is 10.0. The second-order valence-electron chi connectivity index (χ2n) is 14.7. The molecule has 0 aliphatic heterocycles. The van der Waals surface area contributed by atoms with Crippen molar-refractivity contribution in [2.75, 3.05) is 0 Å². The number of aromatic nitrogens is 5. The molecule has 8 aromatic carbocycles. The van der Waals surface area contributed by atoms with E-state index in [1.165, 1.54) is 38.3 Å². The number of nitrogens with zero attached hydrogens (tertiary/aromatic N) is 5. The lowest BCUT2D eigenvalue weighted by molar-refractivity contribution is 1.01. The zero-order chi connectivity index (χ0) is 37.5. The fourth-order valence-corrected chi connectivity index (χ4v) is 8.89. The highest BCUT2D eigenvalue weighted by Gasteiger charge is 2.22. The largest absolute Gasteiger partial charge is 0.316 e. The quantitative estimate of drug-likeness (QED) is 0.177. The fourth-order valence-electron chi connectivity index (χ4n) is 8.89. The van der Waals surface area contributed by atoms with Crippen molar-refractivity contribution in [3.63, 3.8) is 0 Å². The molecule has 12 aromatic rings. The molecule has 0 saturated heterocycles. The van der Waals surface area contributed by atoms with Gasteiger partial charge < -0.3 is 9.13 Å². The molecule has 0 fully saturated rings. The van der Waals surface area contributed by atoms with Crippen molar-refractivity contribution in [2.24, 2.45) is 0 Å². The minimum Gasteiger partial charge on any atom is -0.316 e. The van der Waals surface area contributed by atoms with Crippen LogP contribution in [0.3, 0.4) is 0 Å². The summed E-state index contributed by atoms with van der Waals surface area (Å²) in [7, 11) is 0. The van der Waals surface area contributed by atoms with Gasteiger partial charge in [-0.05, 0) is 71.8 Å². The standard InChI is InChI=1S/C52H33N5/c1-4-14-34(15-5-1)35-24-26-36(27-25-35)50-41-21-10-12-22-45(41)53-52(54-50)57-47-23-13-11-20-39(47)43-32-44-40-28-29-46-42(30-31-55(46)37-16-6-2-7-17-37)51(40)56(48(44)33-49(43)57)38-18-8-3-9-19-38/h1-33H. The average Bonchev–Trinajstić information content (AvgIpc) is 3.96. The molecule has 0 unspecified atom stereocenters. The van der Waals surface area contributed by atoms with Crippen molar-refractivity contribution in [3.05, 3.63) is 200 Å². The van der Waals surface area contributed by atoms with E-state index in [-0.39, 0.29) is 0 Å². The van der Waals surface area contributed by atoms with Gasteiger partial charge in [0.1, 0.15) is 0 Å². The summed E-state index contributed by atoms with van der Waals surface area (Å²) < 4.78 is 6.97. The zero-order valence-corrected chi connectivity index (χ0v) is 30.8. The van der Waals surface area contributed by atoms with Crippen LogP contribution in [-0.4, -0.2) is 23.7 Å². The van der Waals surface area contributed by atoms with E-state index in [0.717, 1.165) is 60.9 Å². The van der Waals surface area contributed by atoms with Crippen LogP contribution < -0.4 is 0 Å². The van der Waals surface area contributed by atoms with Gasteiger partial charge in [0.25, 0.3) is 0 Å². The molecule has 0 aliphatic rings.